The summed E-state index contributed by atoms with van der Waals surface area (Å²) >= 11 is 6.13. The molecule has 0 radical (unpaired) electrons. The second-order valence-electron chi connectivity index (χ2n) is 4.01. The first-order valence-electron chi connectivity index (χ1n) is 5.24. The van der Waals surface area contributed by atoms with Gasteiger partial charge in [0.05, 0.1) is 17.7 Å². The highest BCUT2D eigenvalue weighted by molar-refractivity contribution is 6.32. The SMILES string of the molecule is Cc1c(C(C)O)cc(Cl)c2c1CCCO2. The van der Waals surface area contributed by atoms with E-state index in [2.05, 4.69) is 0 Å². The summed E-state index contributed by atoms with van der Waals surface area (Å²) < 4.78 is 5.56. The van der Waals surface area contributed by atoms with Crippen molar-refractivity contribution >= 4 is 11.6 Å². The van der Waals surface area contributed by atoms with Crippen molar-refractivity contribution in [2.75, 3.05) is 6.61 Å². The van der Waals surface area contributed by atoms with Gasteiger partial charge in [0.15, 0.2) is 0 Å². The molecule has 1 atom stereocenters. The molecule has 1 aromatic carbocycles. The minimum Gasteiger partial charge on any atom is -0.492 e. The van der Waals surface area contributed by atoms with Crippen molar-refractivity contribution in [1.29, 1.82) is 0 Å². The predicted molar refractivity (Wildman–Crippen MR) is 60.6 cm³/mol. The fourth-order valence-corrected chi connectivity index (χ4v) is 2.40. The lowest BCUT2D eigenvalue weighted by atomic mass is 9.94. The smallest absolute Gasteiger partial charge is 0.141 e. The number of aliphatic hydroxyl groups excluding tert-OH is 1. The van der Waals surface area contributed by atoms with Gasteiger partial charge in [0.1, 0.15) is 5.75 Å². The zero-order chi connectivity index (χ0) is 11.0. The molecule has 2 rings (SSSR count). The lowest BCUT2D eigenvalue weighted by Crippen LogP contribution is -2.12. The van der Waals surface area contributed by atoms with Crippen LogP contribution in [0.25, 0.3) is 0 Å². The predicted octanol–water partition coefficient (Wildman–Crippen LogP) is 3.03. The van der Waals surface area contributed by atoms with E-state index in [1.165, 1.54) is 0 Å². The first-order valence-corrected chi connectivity index (χ1v) is 5.61. The number of hydrogen-bond donors (Lipinski definition) is 1. The fourth-order valence-electron chi connectivity index (χ4n) is 2.11. The summed E-state index contributed by atoms with van der Waals surface area (Å²) in [4.78, 5) is 0. The van der Waals surface area contributed by atoms with Crippen molar-refractivity contribution < 1.29 is 9.84 Å². The van der Waals surface area contributed by atoms with Gasteiger partial charge in [-0.3, -0.25) is 0 Å². The molecule has 1 aromatic rings. The van der Waals surface area contributed by atoms with Crippen molar-refractivity contribution in [3.63, 3.8) is 0 Å². The van der Waals surface area contributed by atoms with Gasteiger partial charge < -0.3 is 9.84 Å². The Morgan fingerprint density at radius 2 is 2.27 bits per heavy atom. The number of halogens is 1. The van der Waals surface area contributed by atoms with Crippen LogP contribution in [0.15, 0.2) is 6.07 Å². The van der Waals surface area contributed by atoms with Gasteiger partial charge in [-0.2, -0.15) is 0 Å². The van der Waals surface area contributed by atoms with Crippen LogP contribution in [0.1, 0.15) is 36.1 Å². The van der Waals surface area contributed by atoms with Crippen molar-refractivity contribution in [3.05, 3.63) is 27.8 Å². The first-order chi connectivity index (χ1) is 7.11. The molecule has 1 heterocycles. The molecule has 0 fully saturated rings. The molecule has 1 aliphatic rings. The van der Waals surface area contributed by atoms with Gasteiger partial charge in [0.2, 0.25) is 0 Å². The minimum atomic E-state index is -0.477. The summed E-state index contributed by atoms with van der Waals surface area (Å²) in [6, 6.07) is 1.81. The molecular weight excluding hydrogens is 212 g/mol. The first kappa shape index (κ1) is 10.8. The summed E-state index contributed by atoms with van der Waals surface area (Å²) in [5.74, 6) is 0.810. The molecule has 0 bridgehead atoms. The maximum absolute atomic E-state index is 9.63. The Kier molecular flexibility index (Phi) is 2.89. The lowest BCUT2D eigenvalue weighted by Gasteiger charge is -2.23. The Morgan fingerprint density at radius 1 is 1.53 bits per heavy atom. The van der Waals surface area contributed by atoms with Crippen LogP contribution in [0.4, 0.5) is 0 Å². The molecule has 3 heteroatoms. The summed E-state index contributed by atoms with van der Waals surface area (Å²) in [7, 11) is 0. The van der Waals surface area contributed by atoms with Crippen LogP contribution in [-0.2, 0) is 6.42 Å². The van der Waals surface area contributed by atoms with E-state index in [9.17, 15) is 5.11 Å². The van der Waals surface area contributed by atoms with Crippen LogP contribution in [0.2, 0.25) is 5.02 Å². The van der Waals surface area contributed by atoms with E-state index in [4.69, 9.17) is 16.3 Å². The zero-order valence-electron chi connectivity index (χ0n) is 9.01. The fraction of sp³-hybridized carbons (Fsp3) is 0.500. The quantitative estimate of drug-likeness (QED) is 0.798. The van der Waals surface area contributed by atoms with Gasteiger partial charge in [-0.25, -0.2) is 0 Å². The third-order valence-corrected chi connectivity index (χ3v) is 3.21. The molecule has 1 aliphatic heterocycles. The highest BCUT2D eigenvalue weighted by Crippen LogP contribution is 2.38. The Bertz CT molecular complexity index is 386. The number of hydrogen-bond acceptors (Lipinski definition) is 2. The summed E-state index contributed by atoms with van der Waals surface area (Å²) in [5.41, 5.74) is 3.18. The van der Waals surface area contributed by atoms with Crippen molar-refractivity contribution in [2.24, 2.45) is 0 Å². The molecule has 0 aromatic heterocycles. The van der Waals surface area contributed by atoms with Crippen molar-refractivity contribution in [3.8, 4) is 5.75 Å². The molecule has 1 N–H and O–H groups in total. The Morgan fingerprint density at radius 3 is 2.93 bits per heavy atom. The van der Waals surface area contributed by atoms with Gasteiger partial charge in [-0.05, 0) is 49.4 Å². The van der Waals surface area contributed by atoms with Gasteiger partial charge in [0.25, 0.3) is 0 Å². The van der Waals surface area contributed by atoms with Crippen molar-refractivity contribution in [1.82, 2.24) is 0 Å². The lowest BCUT2D eigenvalue weighted by molar-refractivity contribution is 0.198. The van der Waals surface area contributed by atoms with Crippen LogP contribution in [0, 0.1) is 6.92 Å². The van der Waals surface area contributed by atoms with E-state index in [0.717, 1.165) is 41.9 Å². The third kappa shape index (κ3) is 1.84. The van der Waals surface area contributed by atoms with E-state index in [1.807, 2.05) is 13.0 Å². The summed E-state index contributed by atoms with van der Waals surface area (Å²) in [6.07, 6.45) is 1.53. The highest BCUT2D eigenvalue weighted by atomic mass is 35.5. The second kappa shape index (κ2) is 4.03. The summed E-state index contributed by atoms with van der Waals surface area (Å²) in [5, 5.41) is 10.2. The molecule has 0 saturated carbocycles. The number of fused-ring (bicyclic) bond motifs is 1. The van der Waals surface area contributed by atoms with E-state index in [-0.39, 0.29) is 0 Å². The second-order valence-corrected chi connectivity index (χ2v) is 4.42. The van der Waals surface area contributed by atoms with E-state index in [0.29, 0.717) is 5.02 Å². The van der Waals surface area contributed by atoms with Crippen LogP contribution in [0.3, 0.4) is 0 Å². The average Bonchev–Trinajstić information content (AvgIpc) is 2.23. The third-order valence-electron chi connectivity index (χ3n) is 2.93. The van der Waals surface area contributed by atoms with Gasteiger partial charge >= 0.3 is 0 Å². The van der Waals surface area contributed by atoms with Crippen LogP contribution in [-0.4, -0.2) is 11.7 Å². The Labute approximate surface area is 94.8 Å². The molecule has 0 spiro atoms. The van der Waals surface area contributed by atoms with Gasteiger partial charge in [-0.15, -0.1) is 0 Å². The molecule has 0 amide bonds. The largest absolute Gasteiger partial charge is 0.492 e. The normalized spacial score (nSPS) is 16.8. The van der Waals surface area contributed by atoms with Crippen LogP contribution >= 0.6 is 11.6 Å². The van der Waals surface area contributed by atoms with Gasteiger partial charge in [-0.1, -0.05) is 11.6 Å². The molecular formula is C12H15ClO2. The highest BCUT2D eigenvalue weighted by Gasteiger charge is 2.20. The minimum absolute atomic E-state index is 0.477. The standard InChI is InChI=1S/C12H15ClO2/c1-7-9-4-3-5-15-12(9)11(13)6-10(7)8(2)14/h6,8,14H,3-5H2,1-2H3. The molecule has 1 unspecified atom stereocenters. The monoisotopic (exact) mass is 226 g/mol. The molecule has 0 saturated heterocycles. The maximum atomic E-state index is 9.63. The summed E-state index contributed by atoms with van der Waals surface area (Å²) in [6.45, 7) is 4.51. The van der Waals surface area contributed by atoms with E-state index >= 15 is 0 Å². The van der Waals surface area contributed by atoms with E-state index < -0.39 is 6.10 Å². The molecule has 15 heavy (non-hydrogen) atoms. The molecule has 82 valence electrons. The number of ether oxygens (including phenoxy) is 1. The van der Waals surface area contributed by atoms with Gasteiger partial charge in [0, 0.05) is 0 Å². The number of aliphatic hydroxyl groups is 1. The molecule has 2 nitrogen and oxygen atoms in total. The topological polar surface area (TPSA) is 29.5 Å². The van der Waals surface area contributed by atoms with Crippen LogP contribution < -0.4 is 4.74 Å². The number of benzene rings is 1. The van der Waals surface area contributed by atoms with Crippen molar-refractivity contribution in [2.45, 2.75) is 32.8 Å². The number of rotatable bonds is 1. The Balaban J connectivity index is 2.59. The van der Waals surface area contributed by atoms with E-state index in [1.54, 1.807) is 6.92 Å². The maximum Gasteiger partial charge on any atom is 0.141 e. The molecule has 0 aliphatic carbocycles. The van der Waals surface area contributed by atoms with Crippen LogP contribution in [0.5, 0.6) is 5.75 Å². The Hall–Kier alpha value is -0.730. The average molecular weight is 227 g/mol. The zero-order valence-corrected chi connectivity index (χ0v) is 9.77.